The smallest absolute Gasteiger partial charge is 0.408 e. The fraction of sp³-hybridized carbons (Fsp3) is 0.500. The van der Waals surface area contributed by atoms with Gasteiger partial charge >= 0.3 is 5.76 Å². The predicted octanol–water partition coefficient (Wildman–Crippen LogP) is 0.363. The van der Waals surface area contributed by atoms with Crippen LogP contribution >= 0.6 is 0 Å². The van der Waals surface area contributed by atoms with Crippen molar-refractivity contribution in [2.45, 2.75) is 0 Å². The van der Waals surface area contributed by atoms with Crippen LogP contribution in [-0.4, -0.2) is 61.1 Å². The molecule has 114 valence electrons. The fourth-order valence-electron chi connectivity index (χ4n) is 2.59. The van der Waals surface area contributed by atoms with Gasteiger partial charge in [0.15, 0.2) is 5.58 Å². The number of nitrogens with two attached hydrogens (primary N) is 1. The molecule has 1 aliphatic heterocycles. The second-order valence-corrected chi connectivity index (χ2v) is 5.52. The molecule has 0 amide bonds. The van der Waals surface area contributed by atoms with E-state index in [4.69, 9.17) is 10.2 Å². The molecule has 0 unspecified atom stereocenters. The van der Waals surface area contributed by atoms with Crippen molar-refractivity contribution in [3.63, 3.8) is 0 Å². The highest BCUT2D eigenvalue weighted by Crippen LogP contribution is 2.24. The van der Waals surface area contributed by atoms with Gasteiger partial charge in [-0.3, -0.25) is 9.88 Å². The maximum absolute atomic E-state index is 11.2. The molecule has 1 aliphatic rings. The highest BCUT2D eigenvalue weighted by Gasteiger charge is 2.13. The van der Waals surface area contributed by atoms with Gasteiger partial charge in [0.1, 0.15) is 0 Å². The van der Waals surface area contributed by atoms with Crippen molar-refractivity contribution in [1.29, 1.82) is 0 Å². The van der Waals surface area contributed by atoms with E-state index >= 15 is 0 Å². The maximum Gasteiger partial charge on any atom is 0.417 e. The highest BCUT2D eigenvalue weighted by molar-refractivity contribution is 5.85. The number of likely N-dealkylation sites (N-methyl/N-ethyl adjacent to an activating group) is 1. The van der Waals surface area contributed by atoms with Crippen LogP contribution in [0.4, 0.5) is 11.4 Å². The predicted molar refractivity (Wildman–Crippen MR) is 83.7 cm³/mol. The number of aromatic nitrogens is 1. The molecule has 0 bridgehead atoms. The average Bonchev–Trinajstić information content (AvgIpc) is 2.80. The molecule has 2 heterocycles. The number of rotatable bonds is 4. The molecule has 2 aromatic rings. The molecule has 0 radical (unpaired) electrons. The van der Waals surface area contributed by atoms with Gasteiger partial charge in [0.05, 0.1) is 16.9 Å². The molecular formula is C14H21N5O2. The quantitative estimate of drug-likeness (QED) is 0.705. The number of aromatic amines is 1. The molecule has 7 nitrogen and oxygen atoms in total. The second kappa shape index (κ2) is 5.79. The van der Waals surface area contributed by atoms with E-state index in [0.717, 1.165) is 45.0 Å². The van der Waals surface area contributed by atoms with E-state index in [2.05, 4.69) is 27.1 Å². The zero-order valence-electron chi connectivity index (χ0n) is 12.2. The summed E-state index contributed by atoms with van der Waals surface area (Å²) in [5.74, 6) is -0.459. The zero-order valence-corrected chi connectivity index (χ0v) is 12.2. The lowest BCUT2D eigenvalue weighted by molar-refractivity contribution is 0.158. The number of fused-ring (bicyclic) bond motifs is 1. The van der Waals surface area contributed by atoms with Crippen molar-refractivity contribution in [2.75, 3.05) is 57.4 Å². The number of piperazine rings is 1. The molecule has 0 atom stereocenters. The Kier molecular flexibility index (Phi) is 3.85. The van der Waals surface area contributed by atoms with Gasteiger partial charge in [-0.2, -0.15) is 0 Å². The van der Waals surface area contributed by atoms with Crippen LogP contribution in [0.15, 0.2) is 21.3 Å². The lowest BCUT2D eigenvalue weighted by Crippen LogP contribution is -2.45. The van der Waals surface area contributed by atoms with Crippen LogP contribution in [0.2, 0.25) is 0 Å². The zero-order chi connectivity index (χ0) is 14.8. The van der Waals surface area contributed by atoms with E-state index in [1.54, 1.807) is 6.07 Å². The summed E-state index contributed by atoms with van der Waals surface area (Å²) in [6.07, 6.45) is 0. The summed E-state index contributed by atoms with van der Waals surface area (Å²) < 4.78 is 4.98. The number of anilines is 2. The van der Waals surface area contributed by atoms with Crippen molar-refractivity contribution < 1.29 is 4.42 Å². The van der Waals surface area contributed by atoms with Gasteiger partial charge in [-0.15, -0.1) is 0 Å². The largest absolute Gasteiger partial charge is 0.417 e. The van der Waals surface area contributed by atoms with Gasteiger partial charge in [0.2, 0.25) is 0 Å². The van der Waals surface area contributed by atoms with Gasteiger partial charge in [-0.1, -0.05) is 0 Å². The first-order valence-corrected chi connectivity index (χ1v) is 7.19. The number of nitrogen functional groups attached to an aromatic ring is 1. The van der Waals surface area contributed by atoms with Crippen LogP contribution < -0.4 is 16.8 Å². The maximum atomic E-state index is 11.2. The Labute approximate surface area is 122 Å². The summed E-state index contributed by atoms with van der Waals surface area (Å²) in [6, 6.07) is 3.49. The molecule has 1 aromatic heterocycles. The Bertz CT molecular complexity index is 670. The Hall–Kier alpha value is -1.99. The minimum absolute atomic E-state index is 0.459. The van der Waals surface area contributed by atoms with Crippen molar-refractivity contribution in [3.8, 4) is 0 Å². The molecule has 0 saturated carbocycles. The van der Waals surface area contributed by atoms with Crippen LogP contribution in [0, 0.1) is 0 Å². The van der Waals surface area contributed by atoms with E-state index in [1.165, 1.54) is 0 Å². The molecule has 3 rings (SSSR count). The van der Waals surface area contributed by atoms with Gasteiger partial charge in [-0.05, 0) is 13.1 Å². The summed E-state index contributed by atoms with van der Waals surface area (Å²) in [6.45, 7) is 6.23. The van der Waals surface area contributed by atoms with Gasteiger partial charge < -0.3 is 20.4 Å². The topological polar surface area (TPSA) is 90.5 Å². The van der Waals surface area contributed by atoms with Gasteiger partial charge in [0.25, 0.3) is 0 Å². The van der Waals surface area contributed by atoms with E-state index < -0.39 is 5.76 Å². The van der Waals surface area contributed by atoms with Crippen molar-refractivity contribution in [2.24, 2.45) is 0 Å². The molecular weight excluding hydrogens is 270 g/mol. The van der Waals surface area contributed by atoms with Crippen LogP contribution in [0.5, 0.6) is 0 Å². The van der Waals surface area contributed by atoms with Crippen molar-refractivity contribution in [1.82, 2.24) is 14.8 Å². The number of nitrogens with zero attached hydrogens (tertiary/aromatic N) is 2. The molecule has 7 heteroatoms. The molecule has 21 heavy (non-hydrogen) atoms. The third-order valence-electron chi connectivity index (χ3n) is 3.93. The second-order valence-electron chi connectivity index (χ2n) is 5.52. The number of oxazole rings is 1. The monoisotopic (exact) mass is 291 g/mol. The Morgan fingerprint density at radius 3 is 2.86 bits per heavy atom. The van der Waals surface area contributed by atoms with E-state index in [1.807, 2.05) is 6.07 Å². The first-order valence-electron chi connectivity index (χ1n) is 7.19. The average molecular weight is 291 g/mol. The van der Waals surface area contributed by atoms with Crippen molar-refractivity contribution in [3.05, 3.63) is 22.7 Å². The molecule has 0 spiro atoms. The highest BCUT2D eigenvalue weighted by atomic mass is 16.4. The van der Waals surface area contributed by atoms with E-state index in [-0.39, 0.29) is 0 Å². The third kappa shape index (κ3) is 3.20. The third-order valence-corrected chi connectivity index (χ3v) is 3.93. The summed E-state index contributed by atoms with van der Waals surface area (Å²) >= 11 is 0. The normalized spacial score (nSPS) is 17.4. The van der Waals surface area contributed by atoms with Gasteiger partial charge in [0, 0.05) is 45.3 Å². The van der Waals surface area contributed by atoms with Crippen LogP contribution in [0.25, 0.3) is 11.1 Å². The number of benzene rings is 1. The summed E-state index contributed by atoms with van der Waals surface area (Å²) in [5, 5.41) is 3.33. The minimum Gasteiger partial charge on any atom is -0.408 e. The SMILES string of the molecule is CN1CCN(CCNc2cc3[nH]c(=O)oc3cc2N)CC1. The molecule has 1 saturated heterocycles. The Morgan fingerprint density at radius 2 is 2.10 bits per heavy atom. The Balaban J connectivity index is 1.60. The molecule has 1 aromatic carbocycles. The first-order chi connectivity index (χ1) is 10.1. The molecule has 1 fully saturated rings. The number of hydrogen-bond acceptors (Lipinski definition) is 6. The summed E-state index contributed by atoms with van der Waals surface area (Å²) in [4.78, 5) is 18.6. The van der Waals surface area contributed by atoms with Crippen LogP contribution in [0.1, 0.15) is 0 Å². The summed E-state index contributed by atoms with van der Waals surface area (Å²) in [5.41, 5.74) is 8.54. The van der Waals surface area contributed by atoms with Crippen LogP contribution in [0.3, 0.4) is 0 Å². The lowest BCUT2D eigenvalue weighted by atomic mass is 10.2. The molecule has 0 aliphatic carbocycles. The number of nitrogens with one attached hydrogen (secondary N) is 2. The lowest BCUT2D eigenvalue weighted by Gasteiger charge is -2.32. The van der Waals surface area contributed by atoms with Crippen molar-refractivity contribution >= 4 is 22.5 Å². The Morgan fingerprint density at radius 1 is 1.33 bits per heavy atom. The number of hydrogen-bond donors (Lipinski definition) is 3. The van der Waals surface area contributed by atoms with Crippen LogP contribution in [-0.2, 0) is 0 Å². The first kappa shape index (κ1) is 14.0. The molecule has 4 N–H and O–H groups in total. The van der Waals surface area contributed by atoms with Gasteiger partial charge in [-0.25, -0.2) is 4.79 Å². The number of H-pyrrole nitrogens is 1. The van der Waals surface area contributed by atoms with E-state index in [0.29, 0.717) is 16.8 Å². The minimum atomic E-state index is -0.459. The summed E-state index contributed by atoms with van der Waals surface area (Å²) in [7, 11) is 2.15. The fourth-order valence-corrected chi connectivity index (χ4v) is 2.59. The standard InChI is InChI=1S/C14H21N5O2/c1-18-4-6-19(7-5-18)3-2-16-11-9-12-13(8-10(11)15)21-14(20)17-12/h8-9,16H,2-7,15H2,1H3,(H,17,20). The van der Waals surface area contributed by atoms with E-state index in [9.17, 15) is 4.79 Å².